The number of nitrogens with zero attached hydrogens (tertiary/aromatic N) is 1. The van der Waals surface area contributed by atoms with Crippen molar-refractivity contribution in [2.75, 3.05) is 0 Å². The van der Waals surface area contributed by atoms with Crippen LogP contribution in [0.15, 0.2) is 72.8 Å². The van der Waals surface area contributed by atoms with Crippen LogP contribution in [-0.2, 0) is 17.9 Å². The Labute approximate surface area is 198 Å². The van der Waals surface area contributed by atoms with E-state index in [2.05, 4.69) is 5.32 Å². The smallest absolute Gasteiger partial charge is 0.255 e. The van der Waals surface area contributed by atoms with Crippen molar-refractivity contribution in [2.24, 2.45) is 0 Å². The van der Waals surface area contributed by atoms with E-state index in [9.17, 15) is 14.7 Å². The van der Waals surface area contributed by atoms with Gasteiger partial charge in [0.1, 0.15) is 0 Å². The Morgan fingerprint density at radius 1 is 1.00 bits per heavy atom. The highest BCUT2D eigenvalue weighted by Crippen LogP contribution is 2.44. The number of carbonyl (C=O) groups excluding carboxylic acids is 2. The molecule has 0 aromatic heterocycles. The SMILES string of the molecule is O=C(NC1CC1)[C@@H]1c2ccccc2C(=O)N(Cc2ccccc2Cl)[C@H]1c1ccc(CO)cc1. The first-order chi connectivity index (χ1) is 16.1. The van der Waals surface area contributed by atoms with Gasteiger partial charge in [-0.25, -0.2) is 0 Å². The molecule has 2 amide bonds. The highest BCUT2D eigenvalue weighted by molar-refractivity contribution is 6.31. The lowest BCUT2D eigenvalue weighted by atomic mass is 9.78. The molecule has 2 aliphatic rings. The summed E-state index contributed by atoms with van der Waals surface area (Å²) in [6.07, 6.45) is 1.97. The number of aliphatic hydroxyl groups is 1. The molecule has 1 aliphatic heterocycles. The first-order valence-corrected chi connectivity index (χ1v) is 11.6. The number of nitrogens with one attached hydrogen (secondary N) is 1. The number of aliphatic hydroxyl groups excluding tert-OH is 1. The van der Waals surface area contributed by atoms with E-state index in [0.717, 1.165) is 35.1 Å². The molecule has 2 atom stereocenters. The Bertz CT molecular complexity index is 1190. The van der Waals surface area contributed by atoms with Gasteiger partial charge in [-0.1, -0.05) is 72.3 Å². The maximum absolute atomic E-state index is 13.8. The molecule has 5 rings (SSSR count). The minimum absolute atomic E-state index is 0.0678. The molecule has 1 saturated carbocycles. The van der Waals surface area contributed by atoms with Gasteiger partial charge in [-0.15, -0.1) is 0 Å². The number of amides is 2. The second-order valence-electron chi connectivity index (χ2n) is 8.72. The molecule has 6 heteroatoms. The van der Waals surface area contributed by atoms with E-state index < -0.39 is 12.0 Å². The third-order valence-electron chi connectivity index (χ3n) is 6.45. The molecule has 0 unspecified atom stereocenters. The standard InChI is InChI=1S/C27H25ClN2O3/c28-23-8-4-1-5-19(23)15-30-25(18-11-9-17(16-31)10-12-18)24(26(32)29-20-13-14-20)21-6-2-3-7-22(21)27(30)33/h1-12,20,24-25,31H,13-16H2,(H,29,32)/t24-,25+/m1/s1. The molecule has 0 saturated heterocycles. The van der Waals surface area contributed by atoms with E-state index in [4.69, 9.17) is 11.6 Å². The van der Waals surface area contributed by atoms with Crippen LogP contribution in [0, 0.1) is 0 Å². The second kappa shape index (κ2) is 9.00. The van der Waals surface area contributed by atoms with Gasteiger partial charge in [-0.05, 0) is 47.2 Å². The van der Waals surface area contributed by atoms with Gasteiger partial charge in [0.05, 0.1) is 18.6 Å². The fourth-order valence-electron chi connectivity index (χ4n) is 4.57. The van der Waals surface area contributed by atoms with E-state index in [1.165, 1.54) is 0 Å². The van der Waals surface area contributed by atoms with Crippen molar-refractivity contribution >= 4 is 23.4 Å². The summed E-state index contributed by atoms with van der Waals surface area (Å²) in [4.78, 5) is 29.1. The number of carbonyl (C=O) groups is 2. The molecule has 1 aliphatic carbocycles. The van der Waals surface area contributed by atoms with Crippen molar-refractivity contribution in [1.29, 1.82) is 0 Å². The first-order valence-electron chi connectivity index (χ1n) is 11.2. The zero-order valence-electron chi connectivity index (χ0n) is 18.1. The highest BCUT2D eigenvalue weighted by atomic mass is 35.5. The van der Waals surface area contributed by atoms with Gasteiger partial charge < -0.3 is 15.3 Å². The number of benzene rings is 3. The summed E-state index contributed by atoms with van der Waals surface area (Å²) in [5.74, 6) is -0.753. The van der Waals surface area contributed by atoms with Crippen molar-refractivity contribution in [2.45, 2.75) is 44.0 Å². The number of rotatable bonds is 6. The van der Waals surface area contributed by atoms with Crippen LogP contribution in [0.25, 0.3) is 0 Å². The van der Waals surface area contributed by atoms with Crippen LogP contribution in [0.5, 0.6) is 0 Å². The Balaban J connectivity index is 1.65. The summed E-state index contributed by atoms with van der Waals surface area (Å²) in [6, 6.07) is 22.0. The Morgan fingerprint density at radius 3 is 2.39 bits per heavy atom. The molecule has 0 radical (unpaired) electrons. The fraction of sp³-hybridized carbons (Fsp3) is 0.259. The van der Waals surface area contributed by atoms with Crippen LogP contribution >= 0.6 is 11.6 Å². The molecule has 5 nitrogen and oxygen atoms in total. The second-order valence-corrected chi connectivity index (χ2v) is 9.12. The van der Waals surface area contributed by atoms with Crippen molar-refractivity contribution < 1.29 is 14.7 Å². The van der Waals surface area contributed by atoms with Crippen LogP contribution in [0.4, 0.5) is 0 Å². The van der Waals surface area contributed by atoms with Crippen LogP contribution in [0.3, 0.4) is 0 Å². The Kier molecular flexibility index (Phi) is 5.92. The van der Waals surface area contributed by atoms with Crippen LogP contribution in [0.1, 0.15) is 57.4 Å². The average molecular weight is 461 g/mol. The molecule has 168 valence electrons. The fourth-order valence-corrected chi connectivity index (χ4v) is 4.77. The zero-order valence-corrected chi connectivity index (χ0v) is 18.8. The maximum Gasteiger partial charge on any atom is 0.255 e. The molecule has 1 fully saturated rings. The largest absolute Gasteiger partial charge is 0.392 e. The van der Waals surface area contributed by atoms with Gasteiger partial charge in [0.15, 0.2) is 0 Å². The summed E-state index contributed by atoms with van der Waals surface area (Å²) in [5.41, 5.74) is 3.73. The van der Waals surface area contributed by atoms with Crippen molar-refractivity contribution in [3.05, 3.63) is 106 Å². The minimum Gasteiger partial charge on any atom is -0.392 e. The number of hydrogen-bond donors (Lipinski definition) is 2. The molecular formula is C27H25ClN2O3. The van der Waals surface area contributed by atoms with E-state index in [1.807, 2.05) is 66.7 Å². The van der Waals surface area contributed by atoms with Crippen molar-refractivity contribution in [3.63, 3.8) is 0 Å². The molecule has 0 spiro atoms. The van der Waals surface area contributed by atoms with Crippen LogP contribution in [-0.4, -0.2) is 27.9 Å². The van der Waals surface area contributed by atoms with E-state index >= 15 is 0 Å². The molecule has 3 aromatic carbocycles. The summed E-state index contributed by atoms with van der Waals surface area (Å²) in [7, 11) is 0. The summed E-state index contributed by atoms with van der Waals surface area (Å²) < 4.78 is 0. The van der Waals surface area contributed by atoms with Crippen molar-refractivity contribution in [3.8, 4) is 0 Å². The topological polar surface area (TPSA) is 69.6 Å². The molecule has 2 N–H and O–H groups in total. The number of fused-ring (bicyclic) bond motifs is 1. The average Bonchev–Trinajstić information content (AvgIpc) is 3.66. The quantitative estimate of drug-likeness (QED) is 0.565. The zero-order chi connectivity index (χ0) is 22.9. The third-order valence-corrected chi connectivity index (χ3v) is 6.82. The minimum atomic E-state index is -0.554. The van der Waals surface area contributed by atoms with Gasteiger partial charge in [-0.3, -0.25) is 9.59 Å². The van der Waals surface area contributed by atoms with Crippen LogP contribution in [0.2, 0.25) is 5.02 Å². The highest BCUT2D eigenvalue weighted by Gasteiger charge is 2.45. The summed E-state index contributed by atoms with van der Waals surface area (Å²) in [6.45, 7) is 0.216. The Morgan fingerprint density at radius 2 is 1.70 bits per heavy atom. The first kappa shape index (κ1) is 21.7. The monoisotopic (exact) mass is 460 g/mol. The van der Waals surface area contributed by atoms with Gasteiger partial charge >= 0.3 is 0 Å². The molecular weight excluding hydrogens is 436 g/mol. The third kappa shape index (κ3) is 4.26. The number of hydrogen-bond acceptors (Lipinski definition) is 3. The lowest BCUT2D eigenvalue weighted by molar-refractivity contribution is -0.124. The van der Waals surface area contributed by atoms with E-state index in [-0.39, 0.29) is 31.0 Å². The van der Waals surface area contributed by atoms with Gasteiger partial charge in [-0.2, -0.15) is 0 Å². The lowest BCUT2D eigenvalue weighted by Crippen LogP contribution is -2.47. The Hall–Kier alpha value is -3.15. The predicted octanol–water partition coefficient (Wildman–Crippen LogP) is 4.59. The predicted molar refractivity (Wildman–Crippen MR) is 127 cm³/mol. The number of halogens is 1. The summed E-state index contributed by atoms with van der Waals surface area (Å²) in [5, 5.41) is 13.2. The molecule has 1 heterocycles. The maximum atomic E-state index is 13.8. The molecule has 3 aromatic rings. The van der Waals surface area contributed by atoms with Crippen LogP contribution < -0.4 is 5.32 Å². The molecule has 33 heavy (non-hydrogen) atoms. The molecule has 0 bridgehead atoms. The lowest BCUT2D eigenvalue weighted by Gasteiger charge is -2.42. The normalized spacial score (nSPS) is 19.8. The van der Waals surface area contributed by atoms with Gasteiger partial charge in [0, 0.05) is 23.2 Å². The van der Waals surface area contributed by atoms with E-state index in [0.29, 0.717) is 10.6 Å². The van der Waals surface area contributed by atoms with Gasteiger partial charge in [0.25, 0.3) is 5.91 Å². The van der Waals surface area contributed by atoms with Gasteiger partial charge in [0.2, 0.25) is 5.91 Å². The van der Waals surface area contributed by atoms with Crippen molar-refractivity contribution in [1.82, 2.24) is 10.2 Å². The summed E-state index contributed by atoms with van der Waals surface area (Å²) >= 11 is 6.46. The van der Waals surface area contributed by atoms with E-state index in [1.54, 1.807) is 11.0 Å².